The molecule has 2 N–H and O–H groups in total. The number of benzene rings is 1. The van der Waals surface area contributed by atoms with Gasteiger partial charge >= 0.3 is 6.03 Å². The number of amides is 2. The standard InChI is InChI=1S/C18H26N2O3/c1-4-18(5-2)15(9-16(18)22-3)20-17(21)19-14-7-6-12-10-23-11-13(12)8-14/h6-8,15-16H,4-5,9-11H2,1-3H3,(H2,19,20,21)/t15-,16-/m1/s1. The molecule has 2 amide bonds. The number of hydrogen-bond acceptors (Lipinski definition) is 3. The van der Waals surface area contributed by atoms with Crippen molar-refractivity contribution >= 4 is 11.7 Å². The van der Waals surface area contributed by atoms with Crippen molar-refractivity contribution in [1.82, 2.24) is 5.32 Å². The number of carbonyl (C=O) groups excluding carboxylic acids is 1. The molecule has 1 aromatic rings. The Morgan fingerprint density at radius 1 is 1.30 bits per heavy atom. The maximum atomic E-state index is 12.3. The van der Waals surface area contributed by atoms with E-state index in [-0.39, 0.29) is 23.6 Å². The van der Waals surface area contributed by atoms with E-state index < -0.39 is 0 Å². The molecule has 0 radical (unpaired) electrons. The van der Waals surface area contributed by atoms with Crippen molar-refractivity contribution in [3.63, 3.8) is 0 Å². The van der Waals surface area contributed by atoms with E-state index in [1.165, 1.54) is 5.56 Å². The van der Waals surface area contributed by atoms with E-state index in [0.29, 0.717) is 13.2 Å². The van der Waals surface area contributed by atoms with Crippen LogP contribution in [0.4, 0.5) is 10.5 Å². The molecule has 5 nitrogen and oxygen atoms in total. The molecule has 0 aromatic heterocycles. The molecule has 0 spiro atoms. The van der Waals surface area contributed by atoms with Gasteiger partial charge in [0.2, 0.25) is 0 Å². The van der Waals surface area contributed by atoms with Gasteiger partial charge in [-0.25, -0.2) is 4.79 Å². The monoisotopic (exact) mass is 318 g/mol. The van der Waals surface area contributed by atoms with Crippen LogP contribution < -0.4 is 10.6 Å². The van der Waals surface area contributed by atoms with Crippen LogP contribution in [0.5, 0.6) is 0 Å². The van der Waals surface area contributed by atoms with Crippen LogP contribution in [-0.2, 0) is 22.7 Å². The van der Waals surface area contributed by atoms with E-state index in [0.717, 1.165) is 30.5 Å². The lowest BCUT2D eigenvalue weighted by Gasteiger charge is -2.54. The minimum absolute atomic E-state index is 0.0534. The van der Waals surface area contributed by atoms with Crippen molar-refractivity contribution in [2.24, 2.45) is 5.41 Å². The highest BCUT2D eigenvalue weighted by Crippen LogP contribution is 2.48. The van der Waals surface area contributed by atoms with Gasteiger partial charge in [-0.1, -0.05) is 19.9 Å². The van der Waals surface area contributed by atoms with Crippen molar-refractivity contribution in [3.05, 3.63) is 29.3 Å². The van der Waals surface area contributed by atoms with E-state index in [4.69, 9.17) is 9.47 Å². The average Bonchev–Trinajstić information content (AvgIpc) is 3.00. The van der Waals surface area contributed by atoms with Crippen LogP contribution in [0, 0.1) is 5.41 Å². The Balaban J connectivity index is 1.61. The summed E-state index contributed by atoms with van der Waals surface area (Å²) in [6, 6.07) is 5.96. The van der Waals surface area contributed by atoms with Gasteiger partial charge in [0, 0.05) is 24.3 Å². The number of rotatable bonds is 5. The number of ether oxygens (including phenoxy) is 2. The highest BCUT2D eigenvalue weighted by molar-refractivity contribution is 5.89. The third-order valence-electron chi connectivity index (χ3n) is 5.67. The van der Waals surface area contributed by atoms with E-state index in [1.54, 1.807) is 7.11 Å². The Hall–Kier alpha value is -1.59. The van der Waals surface area contributed by atoms with Crippen molar-refractivity contribution < 1.29 is 14.3 Å². The van der Waals surface area contributed by atoms with Crippen LogP contribution in [0.25, 0.3) is 0 Å². The van der Waals surface area contributed by atoms with E-state index in [1.807, 2.05) is 18.2 Å². The number of fused-ring (bicyclic) bond motifs is 1. The van der Waals surface area contributed by atoms with Gasteiger partial charge in [0.1, 0.15) is 0 Å². The first-order valence-corrected chi connectivity index (χ1v) is 8.42. The van der Waals surface area contributed by atoms with Gasteiger partial charge in [0.05, 0.1) is 19.3 Å². The summed E-state index contributed by atoms with van der Waals surface area (Å²) in [4.78, 5) is 12.3. The number of methoxy groups -OCH3 is 1. The average molecular weight is 318 g/mol. The lowest BCUT2D eigenvalue weighted by Crippen LogP contribution is -2.64. The first-order valence-electron chi connectivity index (χ1n) is 8.42. The molecule has 2 aliphatic rings. The molecule has 5 heteroatoms. The number of urea groups is 1. The van der Waals surface area contributed by atoms with E-state index in [9.17, 15) is 4.79 Å². The van der Waals surface area contributed by atoms with Gasteiger partial charge in [-0.15, -0.1) is 0 Å². The van der Waals surface area contributed by atoms with Crippen LogP contribution in [0.1, 0.15) is 44.2 Å². The molecule has 126 valence electrons. The molecule has 1 aliphatic heterocycles. The third kappa shape index (κ3) is 2.83. The first kappa shape index (κ1) is 16.3. The second-order valence-electron chi connectivity index (χ2n) is 6.53. The summed E-state index contributed by atoms with van der Waals surface area (Å²) in [5, 5.41) is 6.07. The molecular weight excluding hydrogens is 292 g/mol. The molecule has 1 heterocycles. The summed E-state index contributed by atoms with van der Waals surface area (Å²) in [5.41, 5.74) is 3.22. The number of nitrogens with one attached hydrogen (secondary N) is 2. The maximum absolute atomic E-state index is 12.3. The summed E-state index contributed by atoms with van der Waals surface area (Å²) in [6.07, 6.45) is 3.12. The predicted octanol–water partition coefficient (Wildman–Crippen LogP) is 3.43. The smallest absolute Gasteiger partial charge is 0.319 e. The Bertz CT molecular complexity index is 584. The maximum Gasteiger partial charge on any atom is 0.319 e. The van der Waals surface area contributed by atoms with Gasteiger partial charge in [-0.05, 0) is 42.5 Å². The lowest BCUT2D eigenvalue weighted by molar-refractivity contribution is -0.119. The zero-order chi connectivity index (χ0) is 16.4. The summed E-state index contributed by atoms with van der Waals surface area (Å²) < 4.78 is 11.0. The summed E-state index contributed by atoms with van der Waals surface area (Å²) in [6.45, 7) is 5.63. The molecule has 1 aliphatic carbocycles. The Morgan fingerprint density at radius 3 is 2.74 bits per heavy atom. The molecule has 3 rings (SSSR count). The molecule has 0 bridgehead atoms. The first-order chi connectivity index (χ1) is 11.1. The van der Waals surface area contributed by atoms with Gasteiger partial charge in [-0.3, -0.25) is 0 Å². The summed E-state index contributed by atoms with van der Waals surface area (Å²) >= 11 is 0. The van der Waals surface area contributed by atoms with Crippen molar-refractivity contribution in [3.8, 4) is 0 Å². The predicted molar refractivity (Wildman–Crippen MR) is 89.3 cm³/mol. The van der Waals surface area contributed by atoms with E-state index >= 15 is 0 Å². The quantitative estimate of drug-likeness (QED) is 0.874. The molecule has 0 unspecified atom stereocenters. The molecule has 0 saturated heterocycles. The molecule has 1 saturated carbocycles. The number of hydrogen-bond donors (Lipinski definition) is 2. The molecule has 23 heavy (non-hydrogen) atoms. The Labute approximate surface area is 137 Å². The normalized spacial score (nSPS) is 24.7. The van der Waals surface area contributed by atoms with Crippen LogP contribution in [-0.4, -0.2) is 25.3 Å². The summed E-state index contributed by atoms with van der Waals surface area (Å²) in [5.74, 6) is 0. The molecule has 1 aromatic carbocycles. The minimum atomic E-state index is -0.144. The van der Waals surface area contributed by atoms with Gasteiger partial charge in [0.25, 0.3) is 0 Å². The second kappa shape index (κ2) is 6.49. The number of anilines is 1. The molecule has 1 fully saturated rings. The fraction of sp³-hybridized carbons (Fsp3) is 0.611. The topological polar surface area (TPSA) is 59.6 Å². The van der Waals surface area contributed by atoms with Gasteiger partial charge in [-0.2, -0.15) is 0 Å². The third-order valence-corrected chi connectivity index (χ3v) is 5.67. The Morgan fingerprint density at radius 2 is 2.04 bits per heavy atom. The van der Waals surface area contributed by atoms with Crippen molar-refractivity contribution in [2.45, 2.75) is 58.5 Å². The largest absolute Gasteiger partial charge is 0.381 e. The second-order valence-corrected chi connectivity index (χ2v) is 6.53. The van der Waals surface area contributed by atoms with Crippen LogP contribution in [0.15, 0.2) is 18.2 Å². The highest BCUT2D eigenvalue weighted by atomic mass is 16.5. The molecule has 2 atom stereocenters. The zero-order valence-electron chi connectivity index (χ0n) is 14.1. The van der Waals surface area contributed by atoms with Gasteiger partial charge in [0.15, 0.2) is 0 Å². The highest BCUT2D eigenvalue weighted by Gasteiger charge is 2.53. The van der Waals surface area contributed by atoms with Crippen molar-refractivity contribution in [2.75, 3.05) is 12.4 Å². The fourth-order valence-electron chi connectivity index (χ4n) is 4.05. The number of carbonyl (C=O) groups is 1. The minimum Gasteiger partial charge on any atom is -0.381 e. The fourth-order valence-corrected chi connectivity index (χ4v) is 4.05. The van der Waals surface area contributed by atoms with Crippen LogP contribution in [0.2, 0.25) is 0 Å². The SMILES string of the molecule is CCC1(CC)[C@H](NC(=O)Nc2ccc3c(c2)COC3)C[C@H]1OC. The van der Waals surface area contributed by atoms with Gasteiger partial charge < -0.3 is 20.1 Å². The van der Waals surface area contributed by atoms with Crippen LogP contribution in [0.3, 0.4) is 0 Å². The zero-order valence-corrected chi connectivity index (χ0v) is 14.1. The lowest BCUT2D eigenvalue weighted by atomic mass is 9.58. The van der Waals surface area contributed by atoms with Crippen molar-refractivity contribution in [1.29, 1.82) is 0 Å². The van der Waals surface area contributed by atoms with E-state index in [2.05, 4.69) is 24.5 Å². The van der Waals surface area contributed by atoms with Crippen LogP contribution >= 0.6 is 0 Å². The molecular formula is C18H26N2O3. The Kier molecular flexibility index (Phi) is 4.60. The summed E-state index contributed by atoms with van der Waals surface area (Å²) in [7, 11) is 1.76.